The van der Waals surface area contributed by atoms with E-state index in [2.05, 4.69) is 100 Å². The third-order valence-electron chi connectivity index (χ3n) is 18.3. The van der Waals surface area contributed by atoms with Gasteiger partial charge in [0.15, 0.2) is 5.76 Å². The van der Waals surface area contributed by atoms with E-state index in [1.165, 1.54) is 43.4 Å². The lowest BCUT2D eigenvalue weighted by molar-refractivity contribution is -0.130. The topological polar surface area (TPSA) is 206 Å². The molecule has 0 N–H and O–H groups in total. The Morgan fingerprint density at radius 2 is 0.977 bits per heavy atom. The van der Waals surface area contributed by atoms with Crippen LogP contribution in [-0.4, -0.2) is 147 Å². The van der Waals surface area contributed by atoms with Crippen molar-refractivity contribution < 1.29 is 44.0 Å². The summed E-state index contributed by atoms with van der Waals surface area (Å²) in [7, 11) is -6.93. The summed E-state index contributed by atoms with van der Waals surface area (Å²) in [5, 5.41) is 3.96. The van der Waals surface area contributed by atoms with Crippen molar-refractivity contribution in [3.8, 4) is 5.88 Å². The van der Waals surface area contributed by atoms with Crippen LogP contribution < -0.4 is 4.74 Å². The van der Waals surface area contributed by atoms with Crippen molar-refractivity contribution in [1.29, 1.82) is 0 Å². The van der Waals surface area contributed by atoms with E-state index in [4.69, 9.17) is 9.15 Å². The predicted octanol–water partition coefficient (Wildman–Crippen LogP) is 12.2. The van der Waals surface area contributed by atoms with E-state index in [1.807, 2.05) is 15.9 Å². The van der Waals surface area contributed by atoms with Gasteiger partial charge in [0.05, 0.1) is 30.7 Å². The van der Waals surface area contributed by atoms with Gasteiger partial charge in [-0.15, -0.1) is 0 Å². The Hall–Kier alpha value is -4.67. The Balaban J connectivity index is 0.000000200. The van der Waals surface area contributed by atoms with Crippen molar-refractivity contribution in [1.82, 2.24) is 37.5 Å². The Kier molecular flexibility index (Phi) is 26.8. The molecule has 5 saturated heterocycles. The fraction of sp³-hybridized carbons (Fsp3) is 0.697. The smallest absolute Gasteiger partial charge is 0.289 e. The standard InChI is InChI=1S/C15H24N2O3S.C15H23NO2S.C13H23N3O2S.C13H19NO2.C10H19NO/c1-15(2,3)12-6-5-9-17(11-12)21(18,19)13-7-8-14(20-4)16-10-13;1-15(2,3)13-8-7-11-16(12-13)19(17,18)14-9-5-4-6-10-14;1-13(2,3)11-6-5-7-16(9-11)19(17,18)12-8-14-15(4)10-12;1-10(2)11-5-3-7-14(9-11)13(15)12-6-4-8-16-12;1-8(2)10-5-4-6-11(7-10)9(3)12/h7-8,10,12H,5-6,9,11H2,1-4H3;4-6,9-10,13H,7-8,11-12H2,1-3H3;8,10-11H,5-7,9H2,1-4H3;4,6,8,10-11H,3,5,7,9H2,1-2H3;8,10H,4-7H2,1-3H3. The van der Waals surface area contributed by atoms with Gasteiger partial charge in [-0.3, -0.25) is 14.3 Å². The molecule has 5 fully saturated rings. The van der Waals surface area contributed by atoms with Gasteiger partial charge in [0, 0.05) is 91.7 Å². The predicted molar refractivity (Wildman–Crippen MR) is 345 cm³/mol. The Morgan fingerprint density at radius 1 is 0.540 bits per heavy atom. The van der Waals surface area contributed by atoms with Crippen molar-refractivity contribution in [2.24, 2.45) is 64.7 Å². The summed E-state index contributed by atoms with van der Waals surface area (Å²) < 4.78 is 92.2. The molecular weight excluding hydrogens is 1160 g/mol. The summed E-state index contributed by atoms with van der Waals surface area (Å²) in [5.41, 5.74) is 0.417. The maximum absolute atomic E-state index is 12.7. The van der Waals surface area contributed by atoms with E-state index in [-0.39, 0.29) is 33.0 Å². The zero-order valence-corrected chi connectivity index (χ0v) is 58.0. The lowest BCUT2D eigenvalue weighted by Gasteiger charge is -2.39. The SMILES string of the molecule is CC(=O)N1CCCC(C(C)C)C1.CC(C)(C)C1CCCN(S(=O)(=O)c2ccccc2)C1.CC(C)C1CCCN(C(=O)c2ccco2)C1.COc1ccc(S(=O)(=O)N2CCCC(C(C)(C)C)C2)cn1.Cn1cc(S(=O)(=O)N2CCCC(C(C)(C)C)C2)cn1. The molecule has 4 aromatic rings. The lowest BCUT2D eigenvalue weighted by atomic mass is 9.77. The number of aromatic nitrogens is 3. The molecule has 2 amide bonds. The molecule has 490 valence electrons. The van der Waals surface area contributed by atoms with E-state index in [9.17, 15) is 34.8 Å². The Labute approximate surface area is 524 Å². The first-order valence-electron chi connectivity index (χ1n) is 31.7. The molecule has 21 heteroatoms. The maximum Gasteiger partial charge on any atom is 0.289 e. The fourth-order valence-electron chi connectivity index (χ4n) is 11.9. The first-order valence-corrected chi connectivity index (χ1v) is 36.0. The quantitative estimate of drug-likeness (QED) is 0.145. The molecule has 8 heterocycles. The minimum atomic E-state index is -3.46. The van der Waals surface area contributed by atoms with Crippen LogP contribution in [-0.2, 0) is 41.9 Å². The average molecular weight is 1270 g/mol. The molecule has 0 aliphatic carbocycles. The van der Waals surface area contributed by atoms with Crippen LogP contribution in [0.4, 0.5) is 0 Å². The number of piperidine rings is 5. The third kappa shape index (κ3) is 21.2. The molecule has 5 aliphatic heterocycles. The molecule has 3 aromatic heterocycles. The number of sulfonamides is 3. The van der Waals surface area contributed by atoms with Gasteiger partial charge in [0.1, 0.15) is 9.79 Å². The number of carbonyl (C=O) groups excluding carboxylic acids is 2. The van der Waals surface area contributed by atoms with Gasteiger partial charge in [0.2, 0.25) is 41.9 Å². The highest BCUT2D eigenvalue weighted by Crippen LogP contribution is 2.38. The van der Waals surface area contributed by atoms with Gasteiger partial charge >= 0.3 is 0 Å². The van der Waals surface area contributed by atoms with E-state index < -0.39 is 30.1 Å². The van der Waals surface area contributed by atoms with Crippen LogP contribution >= 0.6 is 0 Å². The van der Waals surface area contributed by atoms with Crippen LogP contribution in [0.15, 0.2) is 98.6 Å². The number of likely N-dealkylation sites (tertiary alicyclic amines) is 2. The van der Waals surface area contributed by atoms with Crippen molar-refractivity contribution in [2.45, 2.75) is 176 Å². The van der Waals surface area contributed by atoms with Gasteiger partial charge in [-0.2, -0.15) is 18.0 Å². The summed E-state index contributed by atoms with van der Waals surface area (Å²) in [6, 6.07) is 15.4. The molecule has 0 saturated carbocycles. The van der Waals surface area contributed by atoms with E-state index in [1.54, 1.807) is 87.9 Å². The van der Waals surface area contributed by atoms with Crippen molar-refractivity contribution in [3.63, 3.8) is 0 Å². The maximum atomic E-state index is 12.7. The molecule has 0 radical (unpaired) electrons. The number of furan rings is 1. The third-order valence-corrected chi connectivity index (χ3v) is 23.9. The number of nitrogens with zero attached hydrogens (tertiary/aromatic N) is 8. The zero-order valence-electron chi connectivity index (χ0n) is 55.6. The van der Waals surface area contributed by atoms with Crippen molar-refractivity contribution in [3.05, 3.63) is 85.2 Å². The lowest BCUT2D eigenvalue weighted by Crippen LogP contribution is -2.43. The van der Waals surface area contributed by atoms with Crippen LogP contribution in [0.5, 0.6) is 5.88 Å². The second kappa shape index (κ2) is 31.9. The number of hydrogen-bond acceptors (Lipinski definition) is 12. The minimum absolute atomic E-state index is 0.0374. The summed E-state index contributed by atoms with van der Waals surface area (Å²) >= 11 is 0. The van der Waals surface area contributed by atoms with Crippen molar-refractivity contribution >= 4 is 41.9 Å². The first kappa shape index (κ1) is 73.1. The fourth-order valence-corrected chi connectivity index (χ4v) is 16.5. The highest BCUT2D eigenvalue weighted by atomic mass is 32.2. The van der Waals surface area contributed by atoms with Crippen LogP contribution in [0.3, 0.4) is 0 Å². The second-order valence-corrected chi connectivity index (χ2v) is 34.2. The number of ether oxygens (including phenoxy) is 1. The van der Waals surface area contributed by atoms with Crippen molar-refractivity contribution in [2.75, 3.05) is 72.6 Å². The molecule has 1 aromatic carbocycles. The molecular formula is C66H108N8O10S3. The monoisotopic (exact) mass is 1270 g/mol. The Morgan fingerprint density at radius 3 is 1.36 bits per heavy atom. The number of amides is 2. The van der Waals surface area contributed by atoms with E-state index in [0.29, 0.717) is 96.2 Å². The largest absolute Gasteiger partial charge is 0.481 e. The number of hydrogen-bond donors (Lipinski definition) is 0. The molecule has 9 rings (SSSR count). The summed E-state index contributed by atoms with van der Waals surface area (Å²) in [6.45, 7) is 37.6. The minimum Gasteiger partial charge on any atom is -0.481 e. The van der Waals surface area contributed by atoms with Gasteiger partial charge in [-0.25, -0.2) is 30.2 Å². The van der Waals surface area contributed by atoms with Gasteiger partial charge in [-0.1, -0.05) is 108 Å². The molecule has 18 nitrogen and oxygen atoms in total. The number of benzene rings is 1. The number of rotatable bonds is 10. The van der Waals surface area contributed by atoms with Gasteiger partial charge in [-0.05, 0) is 152 Å². The van der Waals surface area contributed by atoms with Crippen LogP contribution in [0, 0.1) is 57.7 Å². The van der Waals surface area contributed by atoms with E-state index >= 15 is 0 Å². The highest BCUT2D eigenvalue weighted by Gasteiger charge is 2.39. The molecule has 0 spiro atoms. The van der Waals surface area contributed by atoms with E-state index in [0.717, 1.165) is 77.0 Å². The van der Waals surface area contributed by atoms with Gasteiger partial charge < -0.3 is 19.0 Å². The number of methoxy groups -OCH3 is 1. The van der Waals surface area contributed by atoms with Crippen LogP contribution in [0.1, 0.15) is 172 Å². The number of pyridine rings is 1. The number of carbonyl (C=O) groups is 2. The average Bonchev–Trinajstić information content (AvgIpc) is 1.90. The van der Waals surface area contributed by atoms with Gasteiger partial charge in [0.25, 0.3) is 5.91 Å². The normalized spacial score (nSPS) is 22.3. The second-order valence-electron chi connectivity index (χ2n) is 28.4. The number of aryl methyl sites for hydroxylation is 1. The van der Waals surface area contributed by atoms with Crippen LogP contribution in [0.2, 0.25) is 0 Å². The summed E-state index contributed by atoms with van der Waals surface area (Å²) in [4.78, 5) is 32.0. The molecule has 5 atom stereocenters. The Bertz CT molecular complexity index is 3080. The first-order chi connectivity index (χ1) is 40.6. The zero-order chi connectivity index (χ0) is 64.7. The summed E-state index contributed by atoms with van der Waals surface area (Å²) in [5.74, 6) is 5.09. The highest BCUT2D eigenvalue weighted by molar-refractivity contribution is 7.89. The molecule has 5 aliphatic rings. The molecule has 0 bridgehead atoms. The van der Waals surface area contributed by atoms with Crippen LogP contribution in [0.25, 0.3) is 0 Å². The molecule has 87 heavy (non-hydrogen) atoms. The molecule has 5 unspecified atom stereocenters. The summed E-state index contributed by atoms with van der Waals surface area (Å²) in [6.07, 6.45) is 16.8.